The lowest BCUT2D eigenvalue weighted by Gasteiger charge is -2.17. The summed E-state index contributed by atoms with van der Waals surface area (Å²) in [5, 5.41) is 0.662. The van der Waals surface area contributed by atoms with Gasteiger partial charge < -0.3 is 4.90 Å². The van der Waals surface area contributed by atoms with Crippen LogP contribution in [0.4, 0.5) is 5.95 Å². The molecule has 20 heavy (non-hydrogen) atoms. The lowest BCUT2D eigenvalue weighted by Crippen LogP contribution is -2.25. The average molecular weight is 267 g/mol. The fourth-order valence-corrected chi connectivity index (χ4v) is 3.41. The molecule has 0 saturated carbocycles. The molecule has 0 amide bonds. The number of para-hydroxylation sites is 1. The van der Waals surface area contributed by atoms with Gasteiger partial charge in [-0.1, -0.05) is 24.3 Å². The van der Waals surface area contributed by atoms with E-state index in [0.29, 0.717) is 17.2 Å². The second-order valence-electron chi connectivity index (χ2n) is 5.77. The maximum absolute atomic E-state index is 12.1. The van der Waals surface area contributed by atoms with Gasteiger partial charge >= 0.3 is 0 Å². The van der Waals surface area contributed by atoms with Crippen LogP contribution in [0.25, 0.3) is 10.9 Å². The molecule has 1 saturated heterocycles. The molecule has 1 N–H and O–H groups in total. The topological polar surface area (TPSA) is 49.0 Å². The molecule has 4 nitrogen and oxygen atoms in total. The first-order valence-corrected chi connectivity index (χ1v) is 7.20. The summed E-state index contributed by atoms with van der Waals surface area (Å²) in [6.07, 6.45) is 6.86. The Hall–Kier alpha value is -2.10. The van der Waals surface area contributed by atoms with Gasteiger partial charge in [0.2, 0.25) is 5.95 Å². The quantitative estimate of drug-likeness (QED) is 0.807. The molecule has 2 atom stereocenters. The van der Waals surface area contributed by atoms with Crippen molar-refractivity contribution < 1.29 is 0 Å². The normalized spacial score (nSPS) is 25.1. The van der Waals surface area contributed by atoms with Gasteiger partial charge in [-0.15, -0.1) is 0 Å². The minimum absolute atomic E-state index is 0.0430. The molecule has 2 unspecified atom stereocenters. The molecule has 1 aromatic heterocycles. The third kappa shape index (κ3) is 1.83. The summed E-state index contributed by atoms with van der Waals surface area (Å²) in [7, 11) is 0. The van der Waals surface area contributed by atoms with Crippen molar-refractivity contribution in [3.63, 3.8) is 0 Å². The highest BCUT2D eigenvalue weighted by Crippen LogP contribution is 2.34. The minimum Gasteiger partial charge on any atom is -0.342 e. The van der Waals surface area contributed by atoms with Crippen LogP contribution in [0.2, 0.25) is 0 Å². The monoisotopic (exact) mass is 267 g/mol. The summed E-state index contributed by atoms with van der Waals surface area (Å²) in [5.41, 5.74) is 0.734. The maximum Gasteiger partial charge on any atom is 0.260 e. The van der Waals surface area contributed by atoms with E-state index < -0.39 is 0 Å². The van der Waals surface area contributed by atoms with Gasteiger partial charge in [-0.2, -0.15) is 0 Å². The van der Waals surface area contributed by atoms with Crippen molar-refractivity contribution >= 4 is 16.9 Å². The van der Waals surface area contributed by atoms with Crippen LogP contribution in [0.5, 0.6) is 0 Å². The Kier molecular flexibility index (Phi) is 2.62. The fraction of sp³-hybridized carbons (Fsp3) is 0.375. The van der Waals surface area contributed by atoms with Crippen LogP contribution >= 0.6 is 0 Å². The number of fused-ring (bicyclic) bond motifs is 2. The van der Waals surface area contributed by atoms with E-state index in [9.17, 15) is 4.79 Å². The molecular weight excluding hydrogens is 250 g/mol. The molecule has 4 heteroatoms. The largest absolute Gasteiger partial charge is 0.342 e. The number of rotatable bonds is 1. The Morgan fingerprint density at radius 3 is 2.55 bits per heavy atom. The summed E-state index contributed by atoms with van der Waals surface area (Å²) >= 11 is 0. The van der Waals surface area contributed by atoms with E-state index in [1.165, 1.54) is 0 Å². The molecule has 1 aromatic carbocycles. The standard InChI is InChI=1S/C16H17N3O/c20-15-13-7-3-4-8-14(13)17-16(18-15)19-9-11-5-1-2-6-12(11)10-19/h1-4,7-8,11-12H,5-6,9-10H2,(H,17,18,20). The zero-order valence-electron chi connectivity index (χ0n) is 11.2. The minimum atomic E-state index is -0.0430. The number of anilines is 1. The van der Waals surface area contributed by atoms with Crippen molar-refractivity contribution in [2.45, 2.75) is 12.8 Å². The highest BCUT2D eigenvalue weighted by Gasteiger charge is 2.33. The first-order chi connectivity index (χ1) is 9.81. The van der Waals surface area contributed by atoms with Crippen molar-refractivity contribution in [2.75, 3.05) is 18.0 Å². The summed E-state index contributed by atoms with van der Waals surface area (Å²) in [4.78, 5) is 21.9. The number of allylic oxidation sites excluding steroid dienone is 2. The van der Waals surface area contributed by atoms with Crippen LogP contribution in [-0.4, -0.2) is 23.1 Å². The molecule has 1 fully saturated rings. The van der Waals surface area contributed by atoms with Gasteiger partial charge in [-0.25, -0.2) is 4.98 Å². The van der Waals surface area contributed by atoms with Gasteiger partial charge in [-0.3, -0.25) is 9.78 Å². The molecule has 1 aliphatic carbocycles. The molecule has 0 radical (unpaired) electrons. The van der Waals surface area contributed by atoms with Crippen molar-refractivity contribution in [3.8, 4) is 0 Å². The summed E-state index contributed by atoms with van der Waals surface area (Å²) in [6, 6.07) is 7.51. The van der Waals surface area contributed by atoms with Gasteiger partial charge in [0.25, 0.3) is 5.56 Å². The molecule has 2 aliphatic rings. The summed E-state index contributed by atoms with van der Waals surface area (Å²) in [6.45, 7) is 1.99. The van der Waals surface area contributed by atoms with Gasteiger partial charge in [0.05, 0.1) is 10.9 Å². The van der Waals surface area contributed by atoms with Crippen LogP contribution in [0, 0.1) is 11.8 Å². The molecule has 102 valence electrons. The van der Waals surface area contributed by atoms with E-state index in [-0.39, 0.29) is 5.56 Å². The molecule has 2 aromatic rings. The number of hydrogen-bond acceptors (Lipinski definition) is 3. The number of nitrogens with one attached hydrogen (secondary N) is 1. The van der Waals surface area contributed by atoms with E-state index in [0.717, 1.165) is 37.4 Å². The van der Waals surface area contributed by atoms with Crippen LogP contribution in [0.3, 0.4) is 0 Å². The maximum atomic E-state index is 12.1. The number of nitrogens with zero attached hydrogens (tertiary/aromatic N) is 2. The number of hydrogen-bond donors (Lipinski definition) is 1. The predicted octanol–water partition coefficient (Wildman–Crippen LogP) is 2.33. The van der Waals surface area contributed by atoms with Gasteiger partial charge in [0.15, 0.2) is 0 Å². The molecular formula is C16H17N3O. The average Bonchev–Trinajstić information content (AvgIpc) is 2.91. The van der Waals surface area contributed by atoms with Crippen molar-refractivity contribution in [1.82, 2.24) is 9.97 Å². The second kappa shape index (κ2) is 4.47. The lowest BCUT2D eigenvalue weighted by atomic mass is 9.86. The van der Waals surface area contributed by atoms with E-state index in [2.05, 4.69) is 27.0 Å². The Morgan fingerprint density at radius 2 is 1.80 bits per heavy atom. The fourth-order valence-electron chi connectivity index (χ4n) is 3.41. The summed E-state index contributed by atoms with van der Waals surface area (Å²) < 4.78 is 0. The van der Waals surface area contributed by atoms with Crippen molar-refractivity contribution in [2.24, 2.45) is 11.8 Å². The van der Waals surface area contributed by atoms with E-state index in [1.807, 2.05) is 24.3 Å². The van der Waals surface area contributed by atoms with Crippen molar-refractivity contribution in [1.29, 1.82) is 0 Å². The van der Waals surface area contributed by atoms with Gasteiger partial charge in [-0.05, 0) is 36.8 Å². The highest BCUT2D eigenvalue weighted by atomic mass is 16.1. The molecule has 2 heterocycles. The van der Waals surface area contributed by atoms with Crippen molar-refractivity contribution in [3.05, 3.63) is 46.8 Å². The Morgan fingerprint density at radius 1 is 1.10 bits per heavy atom. The van der Waals surface area contributed by atoms with Crippen LogP contribution in [0.1, 0.15) is 12.8 Å². The zero-order chi connectivity index (χ0) is 13.5. The Bertz CT molecular complexity index is 718. The number of H-pyrrole nitrogens is 1. The molecule has 4 rings (SSSR count). The molecule has 0 bridgehead atoms. The van der Waals surface area contributed by atoms with E-state index in [4.69, 9.17) is 0 Å². The lowest BCUT2D eigenvalue weighted by molar-refractivity contribution is 0.411. The first kappa shape index (κ1) is 11.7. The highest BCUT2D eigenvalue weighted by molar-refractivity contribution is 5.78. The third-order valence-corrected chi connectivity index (χ3v) is 4.52. The smallest absolute Gasteiger partial charge is 0.260 e. The second-order valence-corrected chi connectivity index (χ2v) is 5.77. The SMILES string of the molecule is O=c1[nH]c(N2CC3CC=CCC3C2)nc2ccccc12. The van der Waals surface area contributed by atoms with E-state index >= 15 is 0 Å². The van der Waals surface area contributed by atoms with Gasteiger partial charge in [0.1, 0.15) is 0 Å². The number of aromatic amines is 1. The Balaban J connectivity index is 1.71. The number of aromatic nitrogens is 2. The third-order valence-electron chi connectivity index (χ3n) is 4.52. The first-order valence-electron chi connectivity index (χ1n) is 7.20. The molecule has 1 aliphatic heterocycles. The van der Waals surface area contributed by atoms with Gasteiger partial charge in [0, 0.05) is 13.1 Å². The Labute approximate surface area is 117 Å². The predicted molar refractivity (Wildman–Crippen MR) is 79.9 cm³/mol. The number of benzene rings is 1. The van der Waals surface area contributed by atoms with Crippen LogP contribution in [-0.2, 0) is 0 Å². The van der Waals surface area contributed by atoms with Crippen LogP contribution in [0.15, 0.2) is 41.2 Å². The molecule has 0 spiro atoms. The zero-order valence-corrected chi connectivity index (χ0v) is 11.2. The summed E-state index contributed by atoms with van der Waals surface area (Å²) in [5.74, 6) is 2.14. The van der Waals surface area contributed by atoms with E-state index in [1.54, 1.807) is 0 Å². The van der Waals surface area contributed by atoms with Crippen LogP contribution < -0.4 is 10.5 Å².